The predicted molar refractivity (Wildman–Crippen MR) is 257 cm³/mol. The number of aromatic nitrogens is 4. The number of furan rings is 1. The highest BCUT2D eigenvalue weighted by Crippen LogP contribution is 2.42. The summed E-state index contributed by atoms with van der Waals surface area (Å²) < 4.78 is 9.06. The maximum atomic E-state index is 6.81. The van der Waals surface area contributed by atoms with Crippen molar-refractivity contribution >= 4 is 108 Å². The third-order valence-electron chi connectivity index (χ3n) is 13.0. The van der Waals surface area contributed by atoms with Crippen molar-refractivity contribution in [3.05, 3.63) is 194 Å². The first kappa shape index (κ1) is 33.4. The van der Waals surface area contributed by atoms with Crippen LogP contribution < -0.4 is 0 Å². The molecule has 14 aromatic rings. The summed E-state index contributed by atoms with van der Waals surface area (Å²) in [6.07, 6.45) is 0. The van der Waals surface area contributed by atoms with E-state index in [-0.39, 0.29) is 0 Å². The van der Waals surface area contributed by atoms with E-state index in [0.717, 1.165) is 81.8 Å². The Balaban J connectivity index is 1.11. The van der Waals surface area contributed by atoms with Gasteiger partial charge in [0, 0.05) is 32.5 Å². The summed E-state index contributed by atoms with van der Waals surface area (Å²) in [7, 11) is 0. The van der Waals surface area contributed by atoms with Crippen LogP contribution in [0.5, 0.6) is 0 Å². The van der Waals surface area contributed by atoms with Gasteiger partial charge in [0.05, 0.1) is 16.6 Å². The predicted octanol–water partition coefficient (Wildman–Crippen LogP) is 15.1. The molecule has 0 aliphatic rings. The molecule has 0 spiro atoms. The van der Waals surface area contributed by atoms with Crippen LogP contribution in [0.15, 0.2) is 199 Å². The Morgan fingerprint density at radius 2 is 0.887 bits per heavy atom. The van der Waals surface area contributed by atoms with Crippen molar-refractivity contribution in [1.29, 1.82) is 0 Å². The largest absolute Gasteiger partial charge is 0.455 e. The van der Waals surface area contributed by atoms with Crippen LogP contribution in [-0.2, 0) is 0 Å². The lowest BCUT2D eigenvalue weighted by Crippen LogP contribution is -2.07. The molecule has 0 saturated carbocycles. The summed E-state index contributed by atoms with van der Waals surface area (Å²) in [5.74, 6) is 1.66. The minimum Gasteiger partial charge on any atom is -0.455 e. The van der Waals surface area contributed by atoms with Gasteiger partial charge in [0.2, 0.25) is 5.95 Å². The molecule has 5 heteroatoms. The van der Waals surface area contributed by atoms with Crippen molar-refractivity contribution in [2.24, 2.45) is 0 Å². The van der Waals surface area contributed by atoms with Gasteiger partial charge in [-0.1, -0.05) is 158 Å². The quantitative estimate of drug-likeness (QED) is 0.167. The van der Waals surface area contributed by atoms with Crippen LogP contribution in [0.25, 0.3) is 137 Å². The standard InChI is InChI=1S/C57H32N4O/c1-3-15-36-31-51-49(28-34(36)13-1)45-27-24-33-12-5-6-17-39(33)53(45)61(51)57-59-55(38-25-26-44-42-20-8-7-18-40(42)41-19-9-10-21-43(41)48(44)30-38)58-56(60-57)47-23-11-22-46-50-29-35-14-2-4-16-37(35)32-52(50)62-54(46)47/h1-32H. The summed E-state index contributed by atoms with van der Waals surface area (Å²) >= 11 is 0. The zero-order valence-corrected chi connectivity index (χ0v) is 33.2. The Hall–Kier alpha value is -8.41. The molecule has 11 aromatic carbocycles. The molecule has 0 fully saturated rings. The van der Waals surface area contributed by atoms with E-state index in [9.17, 15) is 0 Å². The van der Waals surface area contributed by atoms with Gasteiger partial charge in [-0.2, -0.15) is 9.97 Å². The van der Waals surface area contributed by atoms with Gasteiger partial charge >= 0.3 is 0 Å². The highest BCUT2D eigenvalue weighted by molar-refractivity contribution is 6.26. The lowest BCUT2D eigenvalue weighted by molar-refractivity contribution is 0.670. The van der Waals surface area contributed by atoms with Crippen molar-refractivity contribution in [3.63, 3.8) is 0 Å². The second-order valence-corrected chi connectivity index (χ2v) is 16.3. The molecule has 14 rings (SSSR count). The van der Waals surface area contributed by atoms with E-state index in [4.69, 9.17) is 19.4 Å². The molecule has 0 N–H and O–H groups in total. The van der Waals surface area contributed by atoms with Crippen LogP contribution in [0, 0.1) is 0 Å². The first-order valence-corrected chi connectivity index (χ1v) is 21.0. The Morgan fingerprint density at radius 3 is 1.61 bits per heavy atom. The fraction of sp³-hybridized carbons (Fsp3) is 0. The van der Waals surface area contributed by atoms with Gasteiger partial charge in [-0.05, 0) is 95.6 Å². The molecular weight excluding hydrogens is 757 g/mol. The van der Waals surface area contributed by atoms with Gasteiger partial charge in [-0.3, -0.25) is 4.57 Å². The average Bonchev–Trinajstić information content (AvgIpc) is 3.87. The van der Waals surface area contributed by atoms with Crippen LogP contribution in [-0.4, -0.2) is 19.5 Å². The molecule has 0 amide bonds. The molecule has 5 nitrogen and oxygen atoms in total. The van der Waals surface area contributed by atoms with E-state index < -0.39 is 0 Å². The van der Waals surface area contributed by atoms with E-state index in [1.165, 1.54) is 37.7 Å². The number of benzene rings is 11. The van der Waals surface area contributed by atoms with Crippen molar-refractivity contribution in [1.82, 2.24) is 19.5 Å². The summed E-state index contributed by atoms with van der Waals surface area (Å²) in [6, 6.07) is 69.2. The molecule has 3 heterocycles. The second kappa shape index (κ2) is 12.6. The molecule has 0 radical (unpaired) electrons. The van der Waals surface area contributed by atoms with Crippen LogP contribution >= 0.6 is 0 Å². The van der Waals surface area contributed by atoms with Crippen LogP contribution in [0.3, 0.4) is 0 Å². The lowest BCUT2D eigenvalue weighted by Gasteiger charge is -2.14. The molecular formula is C57H32N4O. The van der Waals surface area contributed by atoms with Crippen molar-refractivity contribution in [2.75, 3.05) is 0 Å². The Labute approximate surface area is 353 Å². The smallest absolute Gasteiger partial charge is 0.238 e. The first-order valence-electron chi connectivity index (χ1n) is 21.0. The van der Waals surface area contributed by atoms with Gasteiger partial charge in [-0.25, -0.2) is 4.98 Å². The minimum atomic E-state index is 0.540. The Morgan fingerprint density at radius 1 is 0.339 bits per heavy atom. The van der Waals surface area contributed by atoms with Crippen molar-refractivity contribution < 1.29 is 4.42 Å². The number of nitrogens with zero attached hydrogens (tertiary/aromatic N) is 4. The first-order chi connectivity index (χ1) is 30.7. The van der Waals surface area contributed by atoms with Crippen molar-refractivity contribution in [2.45, 2.75) is 0 Å². The summed E-state index contributed by atoms with van der Waals surface area (Å²) in [5.41, 5.74) is 5.37. The third kappa shape index (κ3) is 4.76. The number of fused-ring (bicyclic) bond motifs is 16. The summed E-state index contributed by atoms with van der Waals surface area (Å²) in [4.78, 5) is 16.3. The van der Waals surface area contributed by atoms with Gasteiger partial charge in [-0.15, -0.1) is 0 Å². The molecule has 0 saturated heterocycles. The third-order valence-corrected chi connectivity index (χ3v) is 13.0. The molecule has 3 aromatic heterocycles. The van der Waals surface area contributed by atoms with Gasteiger partial charge < -0.3 is 4.42 Å². The van der Waals surface area contributed by atoms with Crippen LogP contribution in [0.1, 0.15) is 0 Å². The maximum absolute atomic E-state index is 6.81. The van der Waals surface area contributed by atoms with Gasteiger partial charge in [0.1, 0.15) is 11.2 Å². The van der Waals surface area contributed by atoms with Crippen LogP contribution in [0.2, 0.25) is 0 Å². The molecule has 62 heavy (non-hydrogen) atoms. The van der Waals surface area contributed by atoms with Gasteiger partial charge in [0.25, 0.3) is 0 Å². The summed E-state index contributed by atoms with van der Waals surface area (Å²) in [6.45, 7) is 0. The maximum Gasteiger partial charge on any atom is 0.238 e. The average molecular weight is 789 g/mol. The monoisotopic (exact) mass is 788 g/mol. The molecule has 0 bridgehead atoms. The fourth-order valence-electron chi connectivity index (χ4n) is 10.1. The normalized spacial score (nSPS) is 12.2. The molecule has 0 unspecified atom stereocenters. The van der Waals surface area contributed by atoms with E-state index in [1.54, 1.807) is 0 Å². The Kier molecular flexibility index (Phi) is 6.77. The van der Waals surface area contributed by atoms with Crippen LogP contribution in [0.4, 0.5) is 0 Å². The second-order valence-electron chi connectivity index (χ2n) is 16.3. The van der Waals surface area contributed by atoms with Crippen molar-refractivity contribution in [3.8, 4) is 28.7 Å². The number of rotatable bonds is 3. The van der Waals surface area contributed by atoms with E-state index >= 15 is 0 Å². The minimum absolute atomic E-state index is 0.540. The highest BCUT2D eigenvalue weighted by atomic mass is 16.3. The SMILES string of the molecule is c1ccc2cc3c(cc2c1)oc1c(-c2nc(-c4ccc5c6ccccc6c6ccccc6c5c4)nc(-n4c5cc6ccccc6cc5c5ccc6ccccc6c54)n2)cccc13. The zero-order valence-electron chi connectivity index (χ0n) is 33.2. The molecule has 0 aliphatic heterocycles. The summed E-state index contributed by atoms with van der Waals surface area (Å²) in [5, 5.41) is 18.5. The van der Waals surface area contributed by atoms with E-state index in [1.807, 2.05) is 0 Å². The molecule has 286 valence electrons. The number of para-hydroxylation sites is 1. The highest BCUT2D eigenvalue weighted by Gasteiger charge is 2.23. The molecule has 0 atom stereocenters. The Bertz CT molecular complexity index is 4200. The molecule has 0 aliphatic carbocycles. The lowest BCUT2D eigenvalue weighted by atomic mass is 9.93. The van der Waals surface area contributed by atoms with E-state index in [0.29, 0.717) is 17.6 Å². The number of hydrogen-bond acceptors (Lipinski definition) is 4. The van der Waals surface area contributed by atoms with Gasteiger partial charge in [0.15, 0.2) is 11.6 Å². The zero-order chi connectivity index (χ0) is 40.5. The fourth-order valence-corrected chi connectivity index (χ4v) is 10.1. The topological polar surface area (TPSA) is 56.7 Å². The van der Waals surface area contributed by atoms with E-state index in [2.05, 4.69) is 199 Å². The number of hydrogen-bond donors (Lipinski definition) is 0.